The maximum absolute atomic E-state index is 12.0. The van der Waals surface area contributed by atoms with Crippen LogP contribution in [-0.4, -0.2) is 25.7 Å². The Bertz CT molecular complexity index is 665. The molecule has 1 aliphatic carbocycles. The fourth-order valence-electron chi connectivity index (χ4n) is 2.51. The molecule has 2 rings (SSSR count). The van der Waals surface area contributed by atoms with Crippen LogP contribution in [0.2, 0.25) is 5.02 Å². The standard InChI is InChI=1S/C13H12ClNO3S/c1-2-19(17,18)12-11(13(12,7-15)8-16)9-4-3-5-10(14)6-9/h3-6,8,11-12H,2H2,1H3/t11-,12+,13-/m1/s1. The van der Waals surface area contributed by atoms with E-state index in [1.54, 1.807) is 24.3 Å². The van der Waals surface area contributed by atoms with Crippen molar-refractivity contribution in [3.8, 4) is 6.07 Å². The molecule has 0 bridgehead atoms. The van der Waals surface area contributed by atoms with Crippen LogP contribution in [0.15, 0.2) is 24.3 Å². The van der Waals surface area contributed by atoms with Crippen molar-refractivity contribution in [2.24, 2.45) is 5.41 Å². The van der Waals surface area contributed by atoms with Crippen molar-refractivity contribution < 1.29 is 13.2 Å². The van der Waals surface area contributed by atoms with Gasteiger partial charge in [-0.05, 0) is 17.7 Å². The molecule has 0 aromatic heterocycles. The summed E-state index contributed by atoms with van der Waals surface area (Å²) >= 11 is 5.87. The topological polar surface area (TPSA) is 75.0 Å². The van der Waals surface area contributed by atoms with E-state index in [4.69, 9.17) is 11.6 Å². The number of sulfone groups is 1. The molecule has 3 atom stereocenters. The van der Waals surface area contributed by atoms with Gasteiger partial charge in [0.15, 0.2) is 9.84 Å². The molecule has 19 heavy (non-hydrogen) atoms. The predicted octanol–water partition coefficient (Wildman–Crippen LogP) is 1.95. The maximum atomic E-state index is 12.0. The predicted molar refractivity (Wildman–Crippen MR) is 71.6 cm³/mol. The number of hydrogen-bond donors (Lipinski definition) is 0. The van der Waals surface area contributed by atoms with Crippen LogP contribution in [0, 0.1) is 16.7 Å². The Morgan fingerprint density at radius 2 is 2.21 bits per heavy atom. The third-order valence-corrected chi connectivity index (χ3v) is 6.04. The summed E-state index contributed by atoms with van der Waals surface area (Å²) in [7, 11) is -3.46. The fourth-order valence-corrected chi connectivity index (χ4v) is 4.63. The smallest absolute Gasteiger partial charge is 0.155 e. The molecule has 0 radical (unpaired) electrons. The Balaban J connectivity index is 2.52. The minimum atomic E-state index is -3.46. The first-order valence-corrected chi connectivity index (χ1v) is 7.87. The normalized spacial score (nSPS) is 29.5. The van der Waals surface area contributed by atoms with Crippen molar-refractivity contribution in [2.75, 3.05) is 5.75 Å². The van der Waals surface area contributed by atoms with Crippen LogP contribution in [0.1, 0.15) is 18.4 Å². The number of carbonyl (C=O) groups excluding carboxylic acids is 1. The second-order valence-electron chi connectivity index (χ2n) is 4.57. The van der Waals surface area contributed by atoms with Crippen LogP contribution in [0.5, 0.6) is 0 Å². The molecule has 1 saturated carbocycles. The van der Waals surface area contributed by atoms with E-state index in [1.165, 1.54) is 6.92 Å². The molecule has 1 aliphatic rings. The van der Waals surface area contributed by atoms with Gasteiger partial charge in [0.25, 0.3) is 0 Å². The van der Waals surface area contributed by atoms with Gasteiger partial charge in [0, 0.05) is 16.7 Å². The lowest BCUT2D eigenvalue weighted by Gasteiger charge is -2.00. The summed E-state index contributed by atoms with van der Waals surface area (Å²) in [5.41, 5.74) is -0.859. The molecule has 0 spiro atoms. The Hall–Kier alpha value is -1.38. The minimum absolute atomic E-state index is 0.0913. The molecular formula is C13H12ClNO3S. The largest absolute Gasteiger partial charge is 0.302 e. The van der Waals surface area contributed by atoms with Crippen LogP contribution >= 0.6 is 11.6 Å². The second kappa shape index (κ2) is 4.62. The lowest BCUT2D eigenvalue weighted by Crippen LogP contribution is -2.17. The SMILES string of the molecule is CCS(=O)(=O)[C@H]1[C@@H](c2cccc(Cl)c2)[C@@]1(C#N)C=O. The third kappa shape index (κ3) is 2.05. The molecule has 0 saturated heterocycles. The van der Waals surface area contributed by atoms with Gasteiger partial charge in [0.1, 0.15) is 11.7 Å². The van der Waals surface area contributed by atoms with Crippen molar-refractivity contribution >= 4 is 27.7 Å². The van der Waals surface area contributed by atoms with Gasteiger partial charge in [-0.25, -0.2) is 8.42 Å². The lowest BCUT2D eigenvalue weighted by atomic mass is 10.0. The molecule has 4 nitrogen and oxygen atoms in total. The Labute approximate surface area is 116 Å². The number of nitriles is 1. The van der Waals surface area contributed by atoms with Crippen LogP contribution in [0.3, 0.4) is 0 Å². The molecular weight excluding hydrogens is 286 g/mol. The molecule has 0 N–H and O–H groups in total. The van der Waals surface area contributed by atoms with Crippen molar-refractivity contribution in [3.05, 3.63) is 34.9 Å². The van der Waals surface area contributed by atoms with Gasteiger partial charge in [0.2, 0.25) is 0 Å². The van der Waals surface area contributed by atoms with Crippen LogP contribution < -0.4 is 0 Å². The van der Waals surface area contributed by atoms with Gasteiger partial charge in [-0.15, -0.1) is 0 Å². The molecule has 0 amide bonds. The van der Waals surface area contributed by atoms with Gasteiger partial charge >= 0.3 is 0 Å². The van der Waals surface area contributed by atoms with E-state index in [1.807, 2.05) is 6.07 Å². The Kier molecular flexibility index (Phi) is 3.41. The number of carbonyl (C=O) groups is 1. The molecule has 1 fully saturated rings. The van der Waals surface area contributed by atoms with Crippen LogP contribution in [-0.2, 0) is 14.6 Å². The first-order valence-electron chi connectivity index (χ1n) is 5.77. The highest BCUT2D eigenvalue weighted by atomic mass is 35.5. The summed E-state index contributed by atoms with van der Waals surface area (Å²) in [6.07, 6.45) is 0.455. The summed E-state index contributed by atoms with van der Waals surface area (Å²) in [5.74, 6) is -0.718. The number of hydrogen-bond acceptors (Lipinski definition) is 4. The van der Waals surface area contributed by atoms with Gasteiger partial charge in [-0.3, -0.25) is 0 Å². The summed E-state index contributed by atoms with van der Waals surface area (Å²) in [4.78, 5) is 11.2. The highest BCUT2D eigenvalue weighted by molar-refractivity contribution is 7.92. The van der Waals surface area contributed by atoms with Crippen molar-refractivity contribution in [1.82, 2.24) is 0 Å². The molecule has 1 aromatic carbocycles. The molecule has 0 heterocycles. The fraction of sp³-hybridized carbons (Fsp3) is 0.385. The third-order valence-electron chi connectivity index (χ3n) is 3.56. The molecule has 0 unspecified atom stereocenters. The zero-order chi connectivity index (χ0) is 14.3. The van der Waals surface area contributed by atoms with E-state index in [-0.39, 0.29) is 5.75 Å². The van der Waals surface area contributed by atoms with E-state index in [9.17, 15) is 18.5 Å². The van der Waals surface area contributed by atoms with Gasteiger partial charge in [-0.1, -0.05) is 30.7 Å². The van der Waals surface area contributed by atoms with Crippen LogP contribution in [0.4, 0.5) is 0 Å². The summed E-state index contributed by atoms with van der Waals surface area (Å²) in [5, 5.41) is 8.69. The monoisotopic (exact) mass is 297 g/mol. The first-order chi connectivity index (χ1) is 8.93. The number of nitrogens with zero attached hydrogens (tertiary/aromatic N) is 1. The van der Waals surface area contributed by atoms with Crippen molar-refractivity contribution in [1.29, 1.82) is 5.26 Å². The van der Waals surface area contributed by atoms with E-state index in [0.29, 0.717) is 16.9 Å². The average molecular weight is 298 g/mol. The zero-order valence-corrected chi connectivity index (χ0v) is 11.8. The summed E-state index contributed by atoms with van der Waals surface area (Å²) < 4.78 is 24.0. The molecule has 100 valence electrons. The number of halogens is 1. The molecule has 0 aliphatic heterocycles. The first kappa shape index (κ1) is 14.0. The maximum Gasteiger partial charge on any atom is 0.155 e. The minimum Gasteiger partial charge on any atom is -0.302 e. The zero-order valence-electron chi connectivity index (χ0n) is 10.2. The highest BCUT2D eigenvalue weighted by Gasteiger charge is 2.72. The van der Waals surface area contributed by atoms with E-state index < -0.39 is 26.4 Å². The van der Waals surface area contributed by atoms with Crippen molar-refractivity contribution in [2.45, 2.75) is 18.1 Å². The Morgan fingerprint density at radius 3 is 2.68 bits per heavy atom. The number of rotatable bonds is 4. The highest BCUT2D eigenvalue weighted by Crippen LogP contribution is 2.61. The summed E-state index contributed by atoms with van der Waals surface area (Å²) in [6, 6.07) is 8.50. The van der Waals surface area contributed by atoms with Gasteiger partial charge in [-0.2, -0.15) is 5.26 Å². The number of aldehydes is 1. The van der Waals surface area contributed by atoms with E-state index in [2.05, 4.69) is 0 Å². The average Bonchev–Trinajstić information content (AvgIpc) is 3.09. The quantitative estimate of drug-likeness (QED) is 0.796. The summed E-state index contributed by atoms with van der Waals surface area (Å²) in [6.45, 7) is 1.51. The van der Waals surface area contributed by atoms with Crippen LogP contribution in [0.25, 0.3) is 0 Å². The second-order valence-corrected chi connectivity index (χ2v) is 7.41. The van der Waals surface area contributed by atoms with E-state index >= 15 is 0 Å². The van der Waals surface area contributed by atoms with Gasteiger partial charge < -0.3 is 4.79 Å². The molecule has 1 aromatic rings. The number of benzene rings is 1. The molecule has 6 heteroatoms. The van der Waals surface area contributed by atoms with E-state index in [0.717, 1.165) is 0 Å². The van der Waals surface area contributed by atoms with Gasteiger partial charge in [0.05, 0.1) is 11.3 Å². The van der Waals surface area contributed by atoms with Crippen molar-refractivity contribution in [3.63, 3.8) is 0 Å². The Morgan fingerprint density at radius 1 is 1.53 bits per heavy atom. The lowest BCUT2D eigenvalue weighted by molar-refractivity contribution is -0.110.